The van der Waals surface area contributed by atoms with E-state index in [9.17, 15) is 13.2 Å². The highest BCUT2D eigenvalue weighted by Gasteiger charge is 2.32. The maximum Gasteiger partial charge on any atom is 0.416 e. The zero-order valence-corrected chi connectivity index (χ0v) is 7.50. The fourth-order valence-corrected chi connectivity index (χ4v) is 1.17. The summed E-state index contributed by atoms with van der Waals surface area (Å²) >= 11 is 5.47. The molecule has 0 amide bonds. The van der Waals surface area contributed by atoms with Gasteiger partial charge in [-0.15, -0.1) is 0 Å². The molecule has 0 bridgehead atoms. The van der Waals surface area contributed by atoms with Crippen molar-refractivity contribution in [3.05, 3.63) is 28.3 Å². The van der Waals surface area contributed by atoms with Gasteiger partial charge in [0, 0.05) is 0 Å². The number of nitrogen functional groups attached to an aromatic ring is 1. The predicted octanol–water partition coefficient (Wildman–Crippen LogP) is 3.25. The summed E-state index contributed by atoms with van der Waals surface area (Å²) in [6.07, 6.45) is -4.37. The molecule has 0 unspecified atom stereocenters. The van der Waals surface area contributed by atoms with Crippen LogP contribution in [0.2, 0.25) is 5.02 Å². The summed E-state index contributed by atoms with van der Waals surface area (Å²) in [5, 5.41) is -0.0714. The number of nitrogens with two attached hydrogens (primary N) is 1. The highest BCUT2D eigenvalue weighted by atomic mass is 35.5. The molecule has 0 atom stereocenters. The third kappa shape index (κ3) is 2.06. The van der Waals surface area contributed by atoms with E-state index in [1.54, 1.807) is 0 Å². The second-order valence-electron chi connectivity index (χ2n) is 2.69. The van der Waals surface area contributed by atoms with Crippen LogP contribution in [0.4, 0.5) is 18.9 Å². The average molecular weight is 210 g/mol. The van der Waals surface area contributed by atoms with Gasteiger partial charge in [-0.25, -0.2) is 0 Å². The molecule has 0 heterocycles. The summed E-state index contributed by atoms with van der Waals surface area (Å²) in [5.74, 6) is 0. The van der Waals surface area contributed by atoms with Gasteiger partial charge in [-0.05, 0) is 24.6 Å². The molecule has 2 N–H and O–H groups in total. The Labute approximate surface area is 78.3 Å². The minimum Gasteiger partial charge on any atom is -0.398 e. The van der Waals surface area contributed by atoms with E-state index in [2.05, 4.69) is 0 Å². The molecule has 0 aliphatic rings. The van der Waals surface area contributed by atoms with E-state index in [4.69, 9.17) is 17.3 Å². The highest BCUT2D eigenvalue weighted by molar-refractivity contribution is 6.33. The Bertz CT molecular complexity index is 333. The van der Waals surface area contributed by atoms with Crippen LogP contribution in [-0.4, -0.2) is 0 Å². The summed E-state index contributed by atoms with van der Waals surface area (Å²) in [7, 11) is 0. The van der Waals surface area contributed by atoms with E-state index in [0.717, 1.165) is 6.07 Å². The van der Waals surface area contributed by atoms with Gasteiger partial charge < -0.3 is 5.73 Å². The zero-order valence-electron chi connectivity index (χ0n) is 6.74. The largest absolute Gasteiger partial charge is 0.416 e. The Balaban J connectivity index is 3.32. The molecule has 0 fully saturated rings. The number of anilines is 1. The molecule has 1 nitrogen and oxygen atoms in total. The third-order valence-corrected chi connectivity index (χ3v) is 1.98. The molecule has 0 spiro atoms. The van der Waals surface area contributed by atoms with E-state index in [0.29, 0.717) is 0 Å². The van der Waals surface area contributed by atoms with Gasteiger partial charge in [-0.1, -0.05) is 11.6 Å². The molecule has 0 aliphatic carbocycles. The first kappa shape index (κ1) is 10.2. The number of hydrogen-bond acceptors (Lipinski definition) is 1. The van der Waals surface area contributed by atoms with Gasteiger partial charge >= 0.3 is 6.18 Å². The van der Waals surface area contributed by atoms with E-state index < -0.39 is 11.7 Å². The Morgan fingerprint density at radius 1 is 1.31 bits per heavy atom. The lowest BCUT2D eigenvalue weighted by Gasteiger charge is -2.11. The minimum atomic E-state index is -4.37. The van der Waals surface area contributed by atoms with Crippen LogP contribution in [-0.2, 0) is 6.18 Å². The van der Waals surface area contributed by atoms with Crippen LogP contribution in [0.25, 0.3) is 0 Å². The molecular formula is C8H7ClF3N. The molecular weight excluding hydrogens is 203 g/mol. The lowest BCUT2D eigenvalue weighted by atomic mass is 10.1. The standard InChI is InChI=1S/C8H7ClF3N/c1-4-2-7(13)6(9)3-5(4)8(10,11)12/h2-3H,13H2,1H3. The normalized spacial score (nSPS) is 11.8. The summed E-state index contributed by atoms with van der Waals surface area (Å²) in [6.45, 7) is 1.34. The Morgan fingerprint density at radius 3 is 2.31 bits per heavy atom. The molecule has 72 valence electrons. The van der Waals surface area contributed by atoms with Gasteiger partial charge in [0.1, 0.15) is 0 Å². The van der Waals surface area contributed by atoms with E-state index in [-0.39, 0.29) is 16.3 Å². The van der Waals surface area contributed by atoms with Gasteiger partial charge in [0.15, 0.2) is 0 Å². The predicted molar refractivity (Wildman–Crippen MR) is 45.6 cm³/mol. The topological polar surface area (TPSA) is 26.0 Å². The minimum absolute atomic E-state index is 0.0714. The number of halogens is 4. The third-order valence-electron chi connectivity index (χ3n) is 1.65. The quantitative estimate of drug-likeness (QED) is 0.652. The molecule has 1 aromatic rings. The molecule has 0 saturated carbocycles. The first-order chi connectivity index (χ1) is 5.82. The van der Waals surface area contributed by atoms with E-state index in [1.165, 1.54) is 13.0 Å². The van der Waals surface area contributed by atoms with Crippen molar-refractivity contribution in [2.75, 3.05) is 5.73 Å². The van der Waals surface area contributed by atoms with Crippen LogP contribution < -0.4 is 5.73 Å². The Hall–Kier alpha value is -0.900. The van der Waals surface area contributed by atoms with Gasteiger partial charge in [0.05, 0.1) is 16.3 Å². The van der Waals surface area contributed by atoms with E-state index >= 15 is 0 Å². The fraction of sp³-hybridized carbons (Fsp3) is 0.250. The maximum atomic E-state index is 12.3. The molecule has 0 radical (unpaired) electrons. The van der Waals surface area contributed by atoms with Gasteiger partial charge in [-0.3, -0.25) is 0 Å². The summed E-state index contributed by atoms with van der Waals surface area (Å²) in [4.78, 5) is 0. The van der Waals surface area contributed by atoms with Crippen molar-refractivity contribution in [3.8, 4) is 0 Å². The van der Waals surface area contributed by atoms with Crippen molar-refractivity contribution in [1.29, 1.82) is 0 Å². The number of hydrogen-bond donors (Lipinski definition) is 1. The summed E-state index contributed by atoms with van der Waals surface area (Å²) < 4.78 is 36.8. The van der Waals surface area contributed by atoms with Crippen LogP contribution in [0.15, 0.2) is 12.1 Å². The molecule has 5 heteroatoms. The highest BCUT2D eigenvalue weighted by Crippen LogP contribution is 2.35. The van der Waals surface area contributed by atoms with Crippen molar-refractivity contribution in [2.24, 2.45) is 0 Å². The SMILES string of the molecule is Cc1cc(N)c(Cl)cc1C(F)(F)F. The Kier molecular flexibility index (Phi) is 2.43. The van der Waals surface area contributed by atoms with Crippen LogP contribution in [0.3, 0.4) is 0 Å². The van der Waals surface area contributed by atoms with Gasteiger partial charge in [0.2, 0.25) is 0 Å². The van der Waals surface area contributed by atoms with Crippen LogP contribution in [0.5, 0.6) is 0 Å². The van der Waals surface area contributed by atoms with Gasteiger partial charge in [0.25, 0.3) is 0 Å². The van der Waals surface area contributed by atoms with Crippen molar-refractivity contribution in [1.82, 2.24) is 0 Å². The average Bonchev–Trinajstić information content (AvgIpc) is 1.94. The number of benzene rings is 1. The first-order valence-corrected chi connectivity index (χ1v) is 3.83. The molecule has 13 heavy (non-hydrogen) atoms. The molecule has 0 aliphatic heterocycles. The number of aryl methyl sites for hydroxylation is 1. The number of rotatable bonds is 0. The zero-order chi connectivity index (χ0) is 10.2. The summed E-state index contributed by atoms with van der Waals surface area (Å²) in [5.41, 5.74) is 4.83. The van der Waals surface area contributed by atoms with Crippen LogP contribution in [0, 0.1) is 6.92 Å². The van der Waals surface area contributed by atoms with Crippen LogP contribution >= 0.6 is 11.6 Å². The number of alkyl halides is 3. The van der Waals surface area contributed by atoms with Crippen molar-refractivity contribution >= 4 is 17.3 Å². The second-order valence-corrected chi connectivity index (χ2v) is 3.09. The molecule has 0 aromatic heterocycles. The monoisotopic (exact) mass is 209 g/mol. The molecule has 1 rings (SSSR count). The van der Waals surface area contributed by atoms with Crippen molar-refractivity contribution in [2.45, 2.75) is 13.1 Å². The summed E-state index contributed by atoms with van der Waals surface area (Å²) in [6, 6.07) is 2.05. The lowest BCUT2D eigenvalue weighted by Crippen LogP contribution is -2.08. The van der Waals surface area contributed by atoms with Crippen molar-refractivity contribution in [3.63, 3.8) is 0 Å². The molecule has 0 saturated heterocycles. The first-order valence-electron chi connectivity index (χ1n) is 3.45. The van der Waals surface area contributed by atoms with Crippen molar-refractivity contribution < 1.29 is 13.2 Å². The lowest BCUT2D eigenvalue weighted by molar-refractivity contribution is -0.138. The van der Waals surface area contributed by atoms with Crippen LogP contribution in [0.1, 0.15) is 11.1 Å². The Morgan fingerprint density at radius 2 is 1.85 bits per heavy atom. The maximum absolute atomic E-state index is 12.3. The molecule has 1 aromatic carbocycles. The fourth-order valence-electron chi connectivity index (χ4n) is 1.01. The smallest absolute Gasteiger partial charge is 0.398 e. The van der Waals surface area contributed by atoms with E-state index in [1.807, 2.05) is 0 Å². The second kappa shape index (κ2) is 3.10. The van der Waals surface area contributed by atoms with Gasteiger partial charge in [-0.2, -0.15) is 13.2 Å².